The third kappa shape index (κ3) is 4.91. The van der Waals surface area contributed by atoms with Crippen molar-refractivity contribution in [2.75, 3.05) is 43.5 Å². The number of carbonyl (C=O) groups excluding carboxylic acids is 2. The lowest BCUT2D eigenvalue weighted by atomic mass is 10.1. The molecule has 1 aliphatic carbocycles. The van der Waals surface area contributed by atoms with Gasteiger partial charge in [0.2, 0.25) is 0 Å². The smallest absolute Gasteiger partial charge is 0.409 e. The summed E-state index contributed by atoms with van der Waals surface area (Å²) in [7, 11) is 1.42. The molecule has 3 aliphatic heterocycles. The van der Waals surface area contributed by atoms with Crippen LogP contribution in [-0.4, -0.2) is 88.3 Å². The fraction of sp³-hybridized carbons (Fsp3) is 0.536. The molecular weight excluding hydrogens is 512 g/mol. The number of benzene rings is 1. The van der Waals surface area contributed by atoms with E-state index < -0.39 is 0 Å². The Hall–Kier alpha value is -3.93. The van der Waals surface area contributed by atoms with Gasteiger partial charge < -0.3 is 29.9 Å². The normalized spacial score (nSPS) is 22.9. The molecule has 7 rings (SSSR count). The fourth-order valence-corrected chi connectivity index (χ4v) is 6.04. The second-order valence-electron chi connectivity index (χ2n) is 11.2. The topological polar surface area (TPSA) is 127 Å². The number of hydrogen-bond donors (Lipinski definition) is 2. The van der Waals surface area contributed by atoms with Gasteiger partial charge in [0, 0.05) is 43.5 Å². The highest BCUT2D eigenvalue weighted by molar-refractivity contribution is 5.91. The molecule has 1 saturated carbocycles. The van der Waals surface area contributed by atoms with E-state index in [1.807, 2.05) is 35.1 Å². The summed E-state index contributed by atoms with van der Waals surface area (Å²) < 4.78 is 13.0. The summed E-state index contributed by atoms with van der Waals surface area (Å²) in [6.45, 7) is 2.81. The number of likely N-dealkylation sites (tertiary alicyclic amines) is 1. The molecule has 210 valence electrons. The van der Waals surface area contributed by atoms with Crippen molar-refractivity contribution < 1.29 is 19.1 Å². The van der Waals surface area contributed by atoms with Crippen LogP contribution in [0.3, 0.4) is 0 Å². The molecular formula is C28H34N8O4. The van der Waals surface area contributed by atoms with Gasteiger partial charge in [-0.25, -0.2) is 24.2 Å². The molecule has 3 saturated heterocycles. The van der Waals surface area contributed by atoms with Gasteiger partial charge in [-0.1, -0.05) is 0 Å². The quantitative estimate of drug-likeness (QED) is 0.498. The van der Waals surface area contributed by atoms with Crippen molar-refractivity contribution in [2.24, 2.45) is 0 Å². The zero-order valence-electron chi connectivity index (χ0n) is 22.6. The van der Waals surface area contributed by atoms with Crippen LogP contribution < -0.4 is 15.5 Å². The van der Waals surface area contributed by atoms with E-state index in [0.717, 1.165) is 79.7 Å². The van der Waals surface area contributed by atoms with E-state index in [9.17, 15) is 9.59 Å². The number of amides is 3. The van der Waals surface area contributed by atoms with Crippen molar-refractivity contribution in [1.29, 1.82) is 0 Å². The summed E-state index contributed by atoms with van der Waals surface area (Å²) in [5.41, 5.74) is 2.37. The number of carbonyl (C=O) groups is 2. The van der Waals surface area contributed by atoms with Crippen LogP contribution in [0, 0.1) is 0 Å². The van der Waals surface area contributed by atoms with E-state index in [-0.39, 0.29) is 30.4 Å². The van der Waals surface area contributed by atoms with Crippen LogP contribution in [0.25, 0.3) is 22.4 Å². The van der Waals surface area contributed by atoms with E-state index >= 15 is 0 Å². The predicted octanol–water partition coefficient (Wildman–Crippen LogP) is 3.55. The summed E-state index contributed by atoms with van der Waals surface area (Å²) in [6, 6.07) is 7.87. The maximum atomic E-state index is 12.2. The van der Waals surface area contributed by atoms with Crippen molar-refractivity contribution in [3.05, 3.63) is 30.5 Å². The second-order valence-corrected chi connectivity index (χ2v) is 11.2. The molecule has 4 aliphatic rings. The lowest BCUT2D eigenvalue weighted by Crippen LogP contribution is -2.43. The van der Waals surface area contributed by atoms with Crippen molar-refractivity contribution in [1.82, 2.24) is 30.0 Å². The van der Waals surface area contributed by atoms with Gasteiger partial charge in [-0.2, -0.15) is 5.10 Å². The van der Waals surface area contributed by atoms with Crippen molar-refractivity contribution in [2.45, 2.75) is 62.8 Å². The Bertz CT molecular complexity index is 1400. The van der Waals surface area contributed by atoms with Crippen molar-refractivity contribution in [3.63, 3.8) is 0 Å². The fourth-order valence-electron chi connectivity index (χ4n) is 6.04. The number of fused-ring (bicyclic) bond motifs is 3. The molecule has 3 aromatic rings. The Morgan fingerprint density at radius 3 is 2.38 bits per heavy atom. The minimum Gasteiger partial charge on any atom is -0.453 e. The summed E-state index contributed by atoms with van der Waals surface area (Å²) in [5.74, 6) is 1.49. The van der Waals surface area contributed by atoms with Gasteiger partial charge in [-0.15, -0.1) is 0 Å². The maximum Gasteiger partial charge on any atom is 0.409 e. The Balaban J connectivity index is 1.20. The Morgan fingerprint density at radius 2 is 1.70 bits per heavy atom. The third-order valence-corrected chi connectivity index (χ3v) is 8.33. The van der Waals surface area contributed by atoms with Crippen LogP contribution in [-0.2, 0) is 9.47 Å². The van der Waals surface area contributed by atoms with Gasteiger partial charge in [0.15, 0.2) is 11.5 Å². The average molecular weight is 547 g/mol. The number of morpholine rings is 1. The first-order chi connectivity index (χ1) is 19.5. The number of nitrogens with one attached hydrogen (secondary N) is 2. The monoisotopic (exact) mass is 546 g/mol. The SMILES string of the molecule is COC(=O)N1CCC(n2ncc3c(N4C[C@H]5CC[C@@H](C4)O5)nc(-c4ccc(NC(=O)NC5CC5)cc4)nc32)CC1. The Kier molecular flexibility index (Phi) is 6.41. The van der Waals surface area contributed by atoms with Crippen LogP contribution in [0.4, 0.5) is 21.1 Å². The molecule has 2 N–H and O–H groups in total. The third-order valence-electron chi connectivity index (χ3n) is 8.33. The van der Waals surface area contributed by atoms with Crippen LogP contribution in [0.1, 0.15) is 44.6 Å². The highest BCUT2D eigenvalue weighted by Crippen LogP contribution is 2.35. The molecule has 3 amide bonds. The molecule has 2 atom stereocenters. The van der Waals surface area contributed by atoms with Gasteiger partial charge in [0.05, 0.1) is 36.9 Å². The van der Waals surface area contributed by atoms with Gasteiger partial charge in [-0.3, -0.25) is 0 Å². The summed E-state index contributed by atoms with van der Waals surface area (Å²) in [5, 5.41) is 11.6. The number of rotatable bonds is 5. The lowest BCUT2D eigenvalue weighted by molar-refractivity contribution is 0.0303. The van der Waals surface area contributed by atoms with E-state index in [1.165, 1.54) is 7.11 Å². The molecule has 2 bridgehead atoms. The number of piperidine rings is 1. The molecule has 0 spiro atoms. The van der Waals surface area contributed by atoms with E-state index in [1.54, 1.807) is 4.90 Å². The van der Waals surface area contributed by atoms with Gasteiger partial charge in [0.1, 0.15) is 5.82 Å². The minimum atomic E-state index is -0.291. The molecule has 4 fully saturated rings. The number of anilines is 2. The van der Waals surface area contributed by atoms with E-state index in [0.29, 0.717) is 25.0 Å². The Morgan fingerprint density at radius 1 is 0.975 bits per heavy atom. The van der Waals surface area contributed by atoms with Gasteiger partial charge >= 0.3 is 12.1 Å². The number of ether oxygens (including phenoxy) is 2. The van der Waals surface area contributed by atoms with Crippen LogP contribution in [0.15, 0.2) is 30.5 Å². The second kappa shape index (κ2) is 10.2. The number of urea groups is 1. The van der Waals surface area contributed by atoms with Crippen molar-refractivity contribution >= 4 is 34.7 Å². The van der Waals surface area contributed by atoms with Crippen LogP contribution in [0.2, 0.25) is 0 Å². The maximum absolute atomic E-state index is 12.2. The highest BCUT2D eigenvalue weighted by Gasteiger charge is 2.36. The molecule has 5 heterocycles. The molecule has 12 nitrogen and oxygen atoms in total. The molecule has 0 radical (unpaired) electrons. The number of hydrogen-bond acceptors (Lipinski definition) is 8. The lowest BCUT2D eigenvalue weighted by Gasteiger charge is -2.33. The minimum absolute atomic E-state index is 0.117. The number of methoxy groups -OCH3 is 1. The van der Waals surface area contributed by atoms with Gasteiger partial charge in [-0.05, 0) is 62.8 Å². The van der Waals surface area contributed by atoms with Crippen molar-refractivity contribution in [3.8, 4) is 11.4 Å². The highest BCUT2D eigenvalue weighted by atomic mass is 16.5. The summed E-state index contributed by atoms with van der Waals surface area (Å²) in [4.78, 5) is 38.3. The number of nitrogens with zero attached hydrogens (tertiary/aromatic N) is 6. The molecule has 0 unspecified atom stereocenters. The average Bonchev–Trinajstić information content (AvgIpc) is 3.58. The van der Waals surface area contributed by atoms with Crippen LogP contribution >= 0.6 is 0 Å². The molecule has 40 heavy (non-hydrogen) atoms. The van der Waals surface area contributed by atoms with Crippen LogP contribution in [0.5, 0.6) is 0 Å². The van der Waals surface area contributed by atoms with E-state index in [4.69, 9.17) is 24.5 Å². The standard InChI is InChI=1S/C28H34N8O4/c1-39-28(38)34-12-10-20(11-13-34)36-26-23(14-29-36)25(35-15-21-8-9-22(16-35)40-21)32-24(33-26)17-2-4-18(5-3-17)30-27(37)31-19-6-7-19/h2-5,14,19-22H,6-13,15-16H2,1H3,(H2,30,31,37)/t21-,22+. The molecule has 2 aromatic heterocycles. The zero-order chi connectivity index (χ0) is 27.2. The molecule has 1 aromatic carbocycles. The first kappa shape index (κ1) is 25.1. The summed E-state index contributed by atoms with van der Waals surface area (Å²) >= 11 is 0. The Labute approximate surface area is 232 Å². The first-order valence-corrected chi connectivity index (χ1v) is 14.2. The number of aromatic nitrogens is 4. The molecule has 12 heteroatoms. The summed E-state index contributed by atoms with van der Waals surface area (Å²) in [6.07, 6.45) is 7.79. The van der Waals surface area contributed by atoms with Gasteiger partial charge in [0.25, 0.3) is 0 Å². The predicted molar refractivity (Wildman–Crippen MR) is 148 cm³/mol. The largest absolute Gasteiger partial charge is 0.453 e. The van der Waals surface area contributed by atoms with E-state index in [2.05, 4.69) is 15.5 Å². The first-order valence-electron chi connectivity index (χ1n) is 14.2. The zero-order valence-corrected chi connectivity index (χ0v) is 22.6.